The third-order valence-electron chi connectivity index (χ3n) is 6.27. The Labute approximate surface area is 183 Å². The first-order valence-corrected chi connectivity index (χ1v) is 10.7. The van der Waals surface area contributed by atoms with Gasteiger partial charge in [-0.3, -0.25) is 4.79 Å². The van der Waals surface area contributed by atoms with Crippen LogP contribution in [-0.2, 0) is 4.79 Å². The van der Waals surface area contributed by atoms with Crippen molar-refractivity contribution in [3.05, 3.63) is 101 Å². The maximum absolute atomic E-state index is 13.5. The summed E-state index contributed by atoms with van der Waals surface area (Å²) in [6, 6.07) is 24.5. The second-order valence-corrected chi connectivity index (χ2v) is 8.36. The number of methoxy groups -OCH3 is 1. The minimum Gasteiger partial charge on any atom is -0.497 e. The number of rotatable bonds is 3. The number of carbonyl (C=O) groups is 1. The van der Waals surface area contributed by atoms with Gasteiger partial charge in [0.05, 0.1) is 24.5 Å². The van der Waals surface area contributed by atoms with Crippen molar-refractivity contribution in [3.8, 4) is 5.75 Å². The molecule has 0 aromatic heterocycles. The lowest BCUT2D eigenvalue weighted by Gasteiger charge is -2.30. The lowest BCUT2D eigenvalue weighted by atomic mass is 9.78. The Balaban J connectivity index is 1.58. The number of hydrogen-bond acceptors (Lipinski definition) is 4. The van der Waals surface area contributed by atoms with E-state index in [2.05, 4.69) is 66.1 Å². The number of ether oxygens (including phenoxy) is 1. The molecule has 2 aliphatic rings. The lowest BCUT2D eigenvalue weighted by Crippen LogP contribution is -2.26. The zero-order chi connectivity index (χ0) is 21.4. The number of aryl methyl sites for hydroxylation is 1. The molecule has 0 radical (unpaired) electrons. The van der Waals surface area contributed by atoms with E-state index in [1.54, 1.807) is 7.11 Å². The van der Waals surface area contributed by atoms with Crippen LogP contribution in [0.5, 0.6) is 5.75 Å². The summed E-state index contributed by atoms with van der Waals surface area (Å²) in [6.07, 6.45) is 1.30. The third-order valence-corrected chi connectivity index (χ3v) is 6.27. The minimum absolute atomic E-state index is 0.146. The van der Waals surface area contributed by atoms with Crippen molar-refractivity contribution < 1.29 is 9.53 Å². The second-order valence-electron chi connectivity index (χ2n) is 8.36. The van der Waals surface area contributed by atoms with E-state index in [1.165, 1.54) is 11.1 Å². The number of allylic oxidation sites excluding steroid dienone is 1. The molecule has 0 unspecified atom stereocenters. The Morgan fingerprint density at radius 2 is 1.65 bits per heavy atom. The maximum atomic E-state index is 13.5. The van der Waals surface area contributed by atoms with Gasteiger partial charge >= 0.3 is 0 Å². The molecular weight excluding hydrogens is 384 g/mol. The number of anilines is 2. The number of hydrogen-bond donors (Lipinski definition) is 2. The van der Waals surface area contributed by atoms with E-state index in [9.17, 15) is 4.79 Å². The Kier molecular flexibility index (Phi) is 4.99. The smallest absolute Gasteiger partial charge is 0.163 e. The van der Waals surface area contributed by atoms with Crippen LogP contribution in [0.1, 0.15) is 41.5 Å². The first kappa shape index (κ1) is 19.4. The number of carbonyl (C=O) groups excluding carboxylic acids is 1. The molecule has 3 aromatic rings. The molecule has 1 heterocycles. The first-order valence-electron chi connectivity index (χ1n) is 10.7. The van der Waals surface area contributed by atoms with E-state index >= 15 is 0 Å². The summed E-state index contributed by atoms with van der Waals surface area (Å²) in [5.74, 6) is 1.17. The van der Waals surface area contributed by atoms with E-state index < -0.39 is 0 Å². The number of nitrogens with one attached hydrogen (secondary N) is 2. The van der Waals surface area contributed by atoms with Crippen molar-refractivity contribution in [1.29, 1.82) is 0 Å². The van der Waals surface area contributed by atoms with E-state index in [0.717, 1.165) is 40.4 Å². The van der Waals surface area contributed by atoms with E-state index in [1.807, 2.05) is 24.3 Å². The molecule has 3 aromatic carbocycles. The van der Waals surface area contributed by atoms with Gasteiger partial charge in [0.15, 0.2) is 5.78 Å². The molecule has 0 spiro atoms. The predicted molar refractivity (Wildman–Crippen MR) is 125 cm³/mol. The highest BCUT2D eigenvalue weighted by molar-refractivity contribution is 6.01. The molecule has 5 rings (SSSR count). The van der Waals surface area contributed by atoms with Crippen LogP contribution in [0, 0.1) is 6.92 Å². The van der Waals surface area contributed by atoms with Gasteiger partial charge in [0.1, 0.15) is 5.75 Å². The molecule has 4 nitrogen and oxygen atoms in total. The summed E-state index contributed by atoms with van der Waals surface area (Å²) in [5, 5.41) is 7.24. The van der Waals surface area contributed by atoms with Gasteiger partial charge < -0.3 is 15.4 Å². The highest BCUT2D eigenvalue weighted by atomic mass is 16.5. The average Bonchev–Trinajstić information content (AvgIpc) is 2.96. The van der Waals surface area contributed by atoms with Crippen molar-refractivity contribution in [1.82, 2.24) is 0 Å². The summed E-state index contributed by atoms with van der Waals surface area (Å²) < 4.78 is 5.29. The topological polar surface area (TPSA) is 50.4 Å². The molecule has 156 valence electrons. The zero-order valence-corrected chi connectivity index (χ0v) is 17.8. The number of para-hydroxylation sites is 2. The molecule has 2 N–H and O–H groups in total. The van der Waals surface area contributed by atoms with Crippen LogP contribution in [0.4, 0.5) is 11.4 Å². The molecule has 0 bridgehead atoms. The largest absolute Gasteiger partial charge is 0.497 e. The zero-order valence-electron chi connectivity index (χ0n) is 17.8. The van der Waals surface area contributed by atoms with Crippen LogP contribution in [0.15, 0.2) is 84.1 Å². The van der Waals surface area contributed by atoms with Gasteiger partial charge in [-0.2, -0.15) is 0 Å². The van der Waals surface area contributed by atoms with Crippen molar-refractivity contribution in [2.24, 2.45) is 0 Å². The van der Waals surface area contributed by atoms with Gasteiger partial charge in [-0.15, -0.1) is 0 Å². The molecule has 0 amide bonds. The Bertz CT molecular complexity index is 1160. The predicted octanol–water partition coefficient (Wildman–Crippen LogP) is 5.98. The number of ketones is 1. The quantitative estimate of drug-likeness (QED) is 0.557. The molecule has 1 aliphatic heterocycles. The van der Waals surface area contributed by atoms with Crippen molar-refractivity contribution >= 4 is 17.2 Å². The van der Waals surface area contributed by atoms with Gasteiger partial charge in [0, 0.05) is 17.7 Å². The van der Waals surface area contributed by atoms with Crippen LogP contribution in [-0.4, -0.2) is 12.9 Å². The number of fused-ring (bicyclic) bond motifs is 1. The van der Waals surface area contributed by atoms with Crippen LogP contribution >= 0.6 is 0 Å². The maximum Gasteiger partial charge on any atom is 0.163 e. The van der Waals surface area contributed by atoms with Crippen LogP contribution in [0.3, 0.4) is 0 Å². The highest BCUT2D eigenvalue weighted by Gasteiger charge is 2.36. The molecule has 0 saturated heterocycles. The van der Waals surface area contributed by atoms with Gasteiger partial charge in [-0.25, -0.2) is 0 Å². The normalized spacial score (nSPS) is 20.1. The van der Waals surface area contributed by atoms with Gasteiger partial charge in [0.2, 0.25) is 0 Å². The Hall–Kier alpha value is -3.53. The summed E-state index contributed by atoms with van der Waals surface area (Å²) >= 11 is 0. The summed E-state index contributed by atoms with van der Waals surface area (Å²) in [4.78, 5) is 13.5. The van der Waals surface area contributed by atoms with Crippen LogP contribution in [0.2, 0.25) is 0 Å². The van der Waals surface area contributed by atoms with Gasteiger partial charge in [-0.05, 0) is 54.7 Å². The fraction of sp³-hybridized carbons (Fsp3) is 0.222. The molecule has 1 aliphatic carbocycles. The van der Waals surface area contributed by atoms with E-state index in [4.69, 9.17) is 4.74 Å². The molecule has 2 atom stereocenters. The van der Waals surface area contributed by atoms with Crippen molar-refractivity contribution in [2.45, 2.75) is 31.7 Å². The summed E-state index contributed by atoms with van der Waals surface area (Å²) in [6.45, 7) is 2.09. The van der Waals surface area contributed by atoms with E-state index in [0.29, 0.717) is 6.42 Å². The van der Waals surface area contributed by atoms with Crippen molar-refractivity contribution in [2.75, 3.05) is 17.7 Å². The molecule has 0 saturated carbocycles. The minimum atomic E-state index is -0.171. The second kappa shape index (κ2) is 7.95. The fourth-order valence-electron chi connectivity index (χ4n) is 4.70. The standard InChI is InChI=1S/C27H26N2O2/c1-17-6-5-7-19(14-17)27-26-24(28-22-8-3-4-9-23(22)29-27)15-20(16-25(26)30)18-10-12-21(31-2)13-11-18/h3-14,20,27-29H,15-16H2,1-2H3/t20-,27-/m1/s1. The molecular formula is C27H26N2O2. The summed E-state index contributed by atoms with van der Waals surface area (Å²) in [5.41, 5.74) is 7.35. The van der Waals surface area contributed by atoms with Gasteiger partial charge in [0.25, 0.3) is 0 Å². The Morgan fingerprint density at radius 3 is 2.39 bits per heavy atom. The lowest BCUT2D eigenvalue weighted by molar-refractivity contribution is -0.116. The van der Waals surface area contributed by atoms with Crippen molar-refractivity contribution in [3.63, 3.8) is 0 Å². The number of benzene rings is 3. The summed E-state index contributed by atoms with van der Waals surface area (Å²) in [7, 11) is 1.67. The van der Waals surface area contributed by atoms with Crippen LogP contribution < -0.4 is 15.4 Å². The number of Topliss-reactive ketones (excluding diaryl/α,β-unsaturated/α-hetero) is 1. The van der Waals surface area contributed by atoms with Crippen LogP contribution in [0.25, 0.3) is 0 Å². The molecule has 4 heteroatoms. The molecule has 31 heavy (non-hydrogen) atoms. The van der Waals surface area contributed by atoms with E-state index in [-0.39, 0.29) is 17.7 Å². The third kappa shape index (κ3) is 3.70. The fourth-order valence-corrected chi connectivity index (χ4v) is 4.70. The first-order chi connectivity index (χ1) is 15.1. The van der Waals surface area contributed by atoms with Gasteiger partial charge in [-0.1, -0.05) is 54.1 Å². The SMILES string of the molecule is COc1ccc([C@H]2CC(=O)C3=C(C2)Nc2ccccc2N[C@@H]3c2cccc(C)c2)cc1. The molecule has 0 fully saturated rings. The highest BCUT2D eigenvalue weighted by Crippen LogP contribution is 2.44. The Morgan fingerprint density at radius 1 is 0.871 bits per heavy atom. The average molecular weight is 411 g/mol. The monoisotopic (exact) mass is 410 g/mol.